The van der Waals surface area contributed by atoms with Crippen LogP contribution in [0.15, 0.2) is 53.3 Å². The number of amides is 2. The van der Waals surface area contributed by atoms with Gasteiger partial charge in [0.25, 0.3) is 11.5 Å². The number of carbonyl (C=O) groups excluding carboxylic acids is 2. The molecule has 2 aromatic carbocycles. The van der Waals surface area contributed by atoms with Gasteiger partial charge in [0.2, 0.25) is 5.91 Å². The first-order chi connectivity index (χ1) is 16.5. The van der Waals surface area contributed by atoms with Gasteiger partial charge >= 0.3 is 6.18 Å². The summed E-state index contributed by atoms with van der Waals surface area (Å²) in [5, 5.41) is 14.3. The minimum Gasteiger partial charge on any atom is -0.326 e. The molecule has 0 bridgehead atoms. The third-order valence-corrected chi connectivity index (χ3v) is 5.38. The molecule has 0 saturated heterocycles. The zero-order valence-corrected chi connectivity index (χ0v) is 18.8. The highest BCUT2D eigenvalue weighted by Gasteiger charge is 2.30. The van der Waals surface area contributed by atoms with E-state index >= 15 is 0 Å². The van der Waals surface area contributed by atoms with Crippen LogP contribution >= 0.6 is 0 Å². The Labute approximate surface area is 198 Å². The van der Waals surface area contributed by atoms with Gasteiger partial charge in [-0.15, -0.1) is 0 Å². The first-order valence-electron chi connectivity index (χ1n) is 10.5. The summed E-state index contributed by atoms with van der Waals surface area (Å²) in [6.45, 7) is 3.34. The Kier molecular flexibility index (Phi) is 7.40. The van der Waals surface area contributed by atoms with Crippen molar-refractivity contribution in [2.24, 2.45) is 0 Å². The number of benzene rings is 2. The van der Waals surface area contributed by atoms with Gasteiger partial charge in [-0.25, -0.2) is 0 Å². The van der Waals surface area contributed by atoms with Crippen molar-refractivity contribution in [3.63, 3.8) is 0 Å². The third-order valence-electron chi connectivity index (χ3n) is 5.38. The lowest BCUT2D eigenvalue weighted by Gasteiger charge is -2.12. The van der Waals surface area contributed by atoms with Crippen molar-refractivity contribution in [1.29, 1.82) is 5.26 Å². The van der Waals surface area contributed by atoms with Crippen LogP contribution in [0.5, 0.6) is 0 Å². The maximum absolute atomic E-state index is 12.9. The maximum atomic E-state index is 12.9. The molecule has 35 heavy (non-hydrogen) atoms. The van der Waals surface area contributed by atoms with E-state index in [9.17, 15) is 27.6 Å². The standard InChI is InChI=1S/C25H21F3N4O3/c1-14-20(15(2)30-24(35)21(14)13-29)9-10-22(33)31-18-7-3-5-16(11-18)23(34)32-19-8-4-6-17(12-19)25(26,27)28/h3-8,11-12H,9-10H2,1-2H3,(H,30,35)(H,31,33)(H,32,34). The number of hydrogen-bond donors (Lipinski definition) is 3. The molecule has 3 aromatic rings. The third kappa shape index (κ3) is 6.14. The van der Waals surface area contributed by atoms with Crippen molar-refractivity contribution < 1.29 is 22.8 Å². The highest BCUT2D eigenvalue weighted by Crippen LogP contribution is 2.30. The molecule has 0 atom stereocenters. The van der Waals surface area contributed by atoms with Gasteiger partial charge in [-0.1, -0.05) is 12.1 Å². The number of pyridine rings is 1. The average Bonchev–Trinajstić information content (AvgIpc) is 2.78. The molecule has 1 aromatic heterocycles. The molecule has 0 saturated carbocycles. The lowest BCUT2D eigenvalue weighted by atomic mass is 9.99. The zero-order chi connectivity index (χ0) is 25.8. The number of halogens is 3. The Morgan fingerprint density at radius 3 is 2.34 bits per heavy atom. The van der Waals surface area contributed by atoms with Crippen LogP contribution in [-0.2, 0) is 17.4 Å². The molecule has 180 valence electrons. The number of rotatable bonds is 6. The fraction of sp³-hybridized carbons (Fsp3) is 0.200. The number of aryl methyl sites for hydroxylation is 1. The number of carbonyl (C=O) groups is 2. The topological polar surface area (TPSA) is 115 Å². The number of nitrogens with zero attached hydrogens (tertiary/aromatic N) is 1. The van der Waals surface area contributed by atoms with Crippen molar-refractivity contribution in [1.82, 2.24) is 4.98 Å². The van der Waals surface area contributed by atoms with Crippen molar-refractivity contribution >= 4 is 23.2 Å². The van der Waals surface area contributed by atoms with Gasteiger partial charge < -0.3 is 15.6 Å². The number of nitrogens with one attached hydrogen (secondary N) is 3. The summed E-state index contributed by atoms with van der Waals surface area (Å²) in [7, 11) is 0. The van der Waals surface area contributed by atoms with E-state index in [-0.39, 0.29) is 35.6 Å². The summed E-state index contributed by atoms with van der Waals surface area (Å²) < 4.78 is 38.7. The monoisotopic (exact) mass is 482 g/mol. The summed E-state index contributed by atoms with van der Waals surface area (Å²) in [6, 6.07) is 12.1. The summed E-state index contributed by atoms with van der Waals surface area (Å²) >= 11 is 0. The predicted molar refractivity (Wildman–Crippen MR) is 124 cm³/mol. The Hall–Kier alpha value is -4.39. The van der Waals surface area contributed by atoms with Crippen LogP contribution in [0.2, 0.25) is 0 Å². The number of anilines is 2. The Morgan fingerprint density at radius 1 is 1.03 bits per heavy atom. The number of aromatic amines is 1. The molecule has 0 radical (unpaired) electrons. The van der Waals surface area contributed by atoms with Gasteiger partial charge in [0, 0.05) is 29.1 Å². The highest BCUT2D eigenvalue weighted by molar-refractivity contribution is 6.05. The SMILES string of the molecule is Cc1[nH]c(=O)c(C#N)c(C)c1CCC(=O)Nc1cccc(C(=O)Nc2cccc(C(F)(F)F)c2)c1. The van der Waals surface area contributed by atoms with E-state index in [1.165, 1.54) is 30.3 Å². The van der Waals surface area contributed by atoms with Gasteiger partial charge in [0.15, 0.2) is 0 Å². The number of alkyl halides is 3. The summed E-state index contributed by atoms with van der Waals surface area (Å²) in [6.07, 6.45) is -4.20. The molecule has 1 heterocycles. The van der Waals surface area contributed by atoms with Crippen LogP contribution in [0.4, 0.5) is 24.5 Å². The van der Waals surface area contributed by atoms with Crippen LogP contribution in [0.25, 0.3) is 0 Å². The van der Waals surface area contributed by atoms with Gasteiger partial charge in [0.05, 0.1) is 5.56 Å². The van der Waals surface area contributed by atoms with Crippen molar-refractivity contribution in [2.75, 3.05) is 10.6 Å². The van der Waals surface area contributed by atoms with Crippen LogP contribution < -0.4 is 16.2 Å². The second-order valence-corrected chi connectivity index (χ2v) is 7.83. The maximum Gasteiger partial charge on any atom is 0.416 e. The number of H-pyrrole nitrogens is 1. The van der Waals surface area contributed by atoms with E-state index in [1.807, 2.05) is 6.07 Å². The lowest BCUT2D eigenvalue weighted by Crippen LogP contribution is -2.18. The molecule has 0 aliphatic rings. The molecule has 3 N–H and O–H groups in total. The summed E-state index contributed by atoms with van der Waals surface area (Å²) in [5.74, 6) is -0.993. The predicted octanol–water partition coefficient (Wildman–Crippen LogP) is 4.71. The molecule has 2 amide bonds. The van der Waals surface area contributed by atoms with E-state index in [0.29, 0.717) is 22.5 Å². The second-order valence-electron chi connectivity index (χ2n) is 7.83. The van der Waals surface area contributed by atoms with Crippen molar-refractivity contribution in [3.05, 3.63) is 92.4 Å². The number of nitriles is 1. The summed E-state index contributed by atoms with van der Waals surface area (Å²) in [5.41, 5.74) is 0.911. The van der Waals surface area contributed by atoms with Crippen LogP contribution in [0, 0.1) is 25.2 Å². The minimum absolute atomic E-state index is 0.00509. The smallest absolute Gasteiger partial charge is 0.326 e. The van der Waals surface area contributed by atoms with E-state index in [2.05, 4.69) is 15.6 Å². The minimum atomic E-state index is -4.53. The van der Waals surface area contributed by atoms with E-state index in [4.69, 9.17) is 5.26 Å². The zero-order valence-electron chi connectivity index (χ0n) is 18.8. The fourth-order valence-electron chi connectivity index (χ4n) is 3.60. The van der Waals surface area contributed by atoms with Gasteiger partial charge in [-0.2, -0.15) is 18.4 Å². The molecule has 0 aliphatic carbocycles. The normalized spacial score (nSPS) is 11.0. The fourth-order valence-corrected chi connectivity index (χ4v) is 3.60. The largest absolute Gasteiger partial charge is 0.416 e. The number of aromatic nitrogens is 1. The lowest BCUT2D eigenvalue weighted by molar-refractivity contribution is -0.137. The average molecular weight is 482 g/mol. The molecule has 0 unspecified atom stereocenters. The Morgan fingerprint density at radius 2 is 1.69 bits per heavy atom. The quantitative estimate of drug-likeness (QED) is 0.472. The molecule has 0 fully saturated rings. The molecule has 0 aliphatic heterocycles. The first-order valence-corrected chi connectivity index (χ1v) is 10.5. The van der Waals surface area contributed by atoms with Crippen molar-refractivity contribution in [2.45, 2.75) is 32.9 Å². The van der Waals surface area contributed by atoms with E-state index < -0.39 is 23.2 Å². The molecule has 10 heteroatoms. The molecule has 7 nitrogen and oxygen atoms in total. The number of hydrogen-bond acceptors (Lipinski definition) is 4. The molecular formula is C25H21F3N4O3. The molecule has 0 spiro atoms. The van der Waals surface area contributed by atoms with Gasteiger partial charge in [-0.05, 0) is 67.8 Å². The Balaban J connectivity index is 1.67. The van der Waals surface area contributed by atoms with Crippen LogP contribution in [0.3, 0.4) is 0 Å². The van der Waals surface area contributed by atoms with E-state index in [1.54, 1.807) is 19.9 Å². The Bertz CT molecular complexity index is 1390. The highest BCUT2D eigenvalue weighted by atomic mass is 19.4. The van der Waals surface area contributed by atoms with Gasteiger partial charge in [-0.3, -0.25) is 14.4 Å². The van der Waals surface area contributed by atoms with Crippen LogP contribution in [0.1, 0.15) is 44.7 Å². The van der Waals surface area contributed by atoms with Gasteiger partial charge in [0.1, 0.15) is 11.6 Å². The second kappa shape index (κ2) is 10.3. The van der Waals surface area contributed by atoms with Crippen molar-refractivity contribution in [3.8, 4) is 6.07 Å². The molecule has 3 rings (SSSR count). The molecular weight excluding hydrogens is 461 g/mol. The van der Waals surface area contributed by atoms with Crippen LogP contribution in [-0.4, -0.2) is 16.8 Å². The summed E-state index contributed by atoms with van der Waals surface area (Å²) in [4.78, 5) is 39.5. The van der Waals surface area contributed by atoms with E-state index in [0.717, 1.165) is 12.1 Å². The first kappa shape index (κ1) is 25.2.